The predicted octanol–water partition coefficient (Wildman–Crippen LogP) is 4.35. The Morgan fingerprint density at radius 1 is 1.12 bits per heavy atom. The Balaban J connectivity index is 2.07. The zero-order chi connectivity index (χ0) is 12.3. The minimum atomic E-state index is -0.225. The highest BCUT2D eigenvalue weighted by atomic mass is 35.5. The summed E-state index contributed by atoms with van der Waals surface area (Å²) >= 11 is 7.50. The number of halogens is 2. The number of anilines is 1. The van der Waals surface area contributed by atoms with Crippen molar-refractivity contribution in [2.75, 3.05) is 5.73 Å². The third kappa shape index (κ3) is 3.38. The van der Waals surface area contributed by atoms with Crippen molar-refractivity contribution in [2.45, 2.75) is 10.6 Å². The Hall–Kier alpha value is -1.19. The van der Waals surface area contributed by atoms with Crippen molar-refractivity contribution in [2.24, 2.45) is 0 Å². The number of nitrogen functional groups attached to an aromatic ring is 1. The van der Waals surface area contributed by atoms with Gasteiger partial charge in [0.25, 0.3) is 0 Å². The van der Waals surface area contributed by atoms with E-state index in [4.69, 9.17) is 17.3 Å². The van der Waals surface area contributed by atoms with E-state index in [9.17, 15) is 4.39 Å². The number of benzene rings is 2. The molecule has 0 atom stereocenters. The first-order chi connectivity index (χ1) is 8.15. The minimum Gasteiger partial charge on any atom is -0.398 e. The third-order valence-corrected chi connectivity index (χ3v) is 3.61. The summed E-state index contributed by atoms with van der Waals surface area (Å²) < 4.78 is 12.7. The molecule has 0 bridgehead atoms. The van der Waals surface area contributed by atoms with Gasteiger partial charge in [-0.3, -0.25) is 0 Å². The van der Waals surface area contributed by atoms with Crippen LogP contribution in [0.1, 0.15) is 5.56 Å². The summed E-state index contributed by atoms with van der Waals surface area (Å²) in [6.07, 6.45) is 0. The molecule has 0 spiro atoms. The molecule has 2 aromatic rings. The molecule has 4 heteroatoms. The van der Waals surface area contributed by atoms with Gasteiger partial charge >= 0.3 is 0 Å². The Morgan fingerprint density at radius 2 is 1.82 bits per heavy atom. The lowest BCUT2D eigenvalue weighted by atomic mass is 10.2. The van der Waals surface area contributed by atoms with Crippen LogP contribution in [0.3, 0.4) is 0 Å². The van der Waals surface area contributed by atoms with Gasteiger partial charge in [-0.1, -0.05) is 11.6 Å². The van der Waals surface area contributed by atoms with Gasteiger partial charge in [0.1, 0.15) is 5.82 Å². The maximum atomic E-state index is 12.7. The highest BCUT2D eigenvalue weighted by Crippen LogP contribution is 2.27. The molecular weight excluding hydrogens is 257 g/mol. The lowest BCUT2D eigenvalue weighted by Gasteiger charge is -2.06. The summed E-state index contributed by atoms with van der Waals surface area (Å²) in [6.45, 7) is 0. The second kappa shape index (κ2) is 5.43. The first kappa shape index (κ1) is 12.3. The van der Waals surface area contributed by atoms with Gasteiger partial charge in [0.15, 0.2) is 0 Å². The summed E-state index contributed by atoms with van der Waals surface area (Å²) in [5.74, 6) is 0.495. The number of hydrogen-bond donors (Lipinski definition) is 1. The van der Waals surface area contributed by atoms with Gasteiger partial charge in [-0.15, -0.1) is 11.8 Å². The molecule has 0 heterocycles. The minimum absolute atomic E-state index is 0.225. The summed E-state index contributed by atoms with van der Waals surface area (Å²) in [7, 11) is 0. The smallest absolute Gasteiger partial charge is 0.123 e. The van der Waals surface area contributed by atoms with Crippen molar-refractivity contribution in [3.8, 4) is 0 Å². The van der Waals surface area contributed by atoms with Gasteiger partial charge in [-0.05, 0) is 48.0 Å². The largest absolute Gasteiger partial charge is 0.398 e. The molecule has 0 fully saturated rings. The molecule has 0 radical (unpaired) electrons. The highest BCUT2D eigenvalue weighted by Gasteiger charge is 2.02. The highest BCUT2D eigenvalue weighted by molar-refractivity contribution is 7.98. The van der Waals surface area contributed by atoms with Gasteiger partial charge in [-0.2, -0.15) is 0 Å². The molecule has 1 nitrogen and oxygen atoms in total. The van der Waals surface area contributed by atoms with Crippen molar-refractivity contribution in [1.82, 2.24) is 0 Å². The van der Waals surface area contributed by atoms with E-state index in [-0.39, 0.29) is 5.82 Å². The van der Waals surface area contributed by atoms with Crippen molar-refractivity contribution < 1.29 is 4.39 Å². The molecule has 88 valence electrons. The molecule has 0 unspecified atom stereocenters. The lowest BCUT2D eigenvalue weighted by molar-refractivity contribution is 0.626. The first-order valence-electron chi connectivity index (χ1n) is 5.07. The van der Waals surface area contributed by atoms with E-state index in [2.05, 4.69) is 0 Å². The van der Waals surface area contributed by atoms with Gasteiger partial charge in [-0.25, -0.2) is 4.39 Å². The lowest BCUT2D eigenvalue weighted by Crippen LogP contribution is -1.92. The number of hydrogen-bond acceptors (Lipinski definition) is 2. The summed E-state index contributed by atoms with van der Waals surface area (Å²) in [4.78, 5) is 1.01. The van der Waals surface area contributed by atoms with Crippen LogP contribution >= 0.6 is 23.4 Å². The Labute approximate surface area is 109 Å². The van der Waals surface area contributed by atoms with Crippen molar-refractivity contribution in [3.63, 3.8) is 0 Å². The van der Waals surface area contributed by atoms with Crippen LogP contribution in [0, 0.1) is 5.82 Å². The van der Waals surface area contributed by atoms with Gasteiger partial charge in [0, 0.05) is 21.4 Å². The van der Waals surface area contributed by atoms with E-state index in [1.54, 1.807) is 36.0 Å². The number of nitrogens with two attached hydrogens (primary N) is 1. The maximum Gasteiger partial charge on any atom is 0.123 e. The van der Waals surface area contributed by atoms with Gasteiger partial charge < -0.3 is 5.73 Å². The standard InChI is InChI=1S/C13H11ClFNS/c14-10-1-6-13(16)9(7-10)8-17-12-4-2-11(15)3-5-12/h1-7H,8,16H2. The molecule has 0 aliphatic heterocycles. The zero-order valence-electron chi connectivity index (χ0n) is 8.99. The topological polar surface area (TPSA) is 26.0 Å². The van der Waals surface area contributed by atoms with E-state index < -0.39 is 0 Å². The quantitative estimate of drug-likeness (QED) is 0.661. The van der Waals surface area contributed by atoms with Gasteiger partial charge in [0.2, 0.25) is 0 Å². The van der Waals surface area contributed by atoms with E-state index in [0.717, 1.165) is 21.9 Å². The SMILES string of the molecule is Nc1ccc(Cl)cc1CSc1ccc(F)cc1. The van der Waals surface area contributed by atoms with Crippen LogP contribution in [0.5, 0.6) is 0 Å². The monoisotopic (exact) mass is 267 g/mol. The van der Waals surface area contributed by atoms with E-state index in [1.165, 1.54) is 12.1 Å². The van der Waals surface area contributed by atoms with Crippen LogP contribution in [-0.4, -0.2) is 0 Å². The molecule has 2 rings (SSSR count). The van der Waals surface area contributed by atoms with Gasteiger partial charge in [0.05, 0.1) is 0 Å². The fourth-order valence-corrected chi connectivity index (χ4v) is 2.49. The average molecular weight is 268 g/mol. The van der Waals surface area contributed by atoms with Crippen LogP contribution in [0.4, 0.5) is 10.1 Å². The number of thioether (sulfide) groups is 1. The maximum absolute atomic E-state index is 12.7. The molecular formula is C13H11ClFNS. The van der Waals surface area contributed by atoms with Crippen LogP contribution < -0.4 is 5.73 Å². The van der Waals surface area contributed by atoms with E-state index in [0.29, 0.717) is 5.02 Å². The molecule has 2 aromatic carbocycles. The summed E-state index contributed by atoms with van der Waals surface area (Å²) in [5, 5.41) is 0.675. The fourth-order valence-electron chi connectivity index (χ4n) is 1.39. The Bertz CT molecular complexity index is 513. The molecule has 2 N–H and O–H groups in total. The second-order valence-electron chi connectivity index (χ2n) is 3.59. The molecule has 0 saturated carbocycles. The third-order valence-electron chi connectivity index (χ3n) is 2.31. The molecule has 0 aliphatic carbocycles. The Kier molecular flexibility index (Phi) is 3.92. The molecule has 0 aliphatic rings. The second-order valence-corrected chi connectivity index (χ2v) is 5.07. The number of rotatable bonds is 3. The van der Waals surface area contributed by atoms with E-state index >= 15 is 0 Å². The summed E-state index contributed by atoms with van der Waals surface area (Å²) in [6, 6.07) is 11.8. The average Bonchev–Trinajstić information content (AvgIpc) is 2.32. The normalized spacial score (nSPS) is 10.5. The Morgan fingerprint density at radius 3 is 2.53 bits per heavy atom. The molecule has 0 saturated heterocycles. The zero-order valence-corrected chi connectivity index (χ0v) is 10.6. The van der Waals surface area contributed by atoms with Crippen molar-refractivity contribution in [1.29, 1.82) is 0 Å². The predicted molar refractivity (Wildman–Crippen MR) is 71.8 cm³/mol. The van der Waals surface area contributed by atoms with Crippen LogP contribution in [0.15, 0.2) is 47.4 Å². The molecule has 0 amide bonds. The van der Waals surface area contributed by atoms with Crippen molar-refractivity contribution >= 4 is 29.1 Å². The van der Waals surface area contributed by atoms with Crippen LogP contribution in [-0.2, 0) is 5.75 Å². The molecule has 17 heavy (non-hydrogen) atoms. The summed E-state index contributed by atoms with van der Waals surface area (Å²) in [5.41, 5.74) is 7.56. The van der Waals surface area contributed by atoms with Crippen LogP contribution in [0.2, 0.25) is 5.02 Å². The van der Waals surface area contributed by atoms with Crippen molar-refractivity contribution in [3.05, 3.63) is 58.9 Å². The first-order valence-corrected chi connectivity index (χ1v) is 6.44. The van der Waals surface area contributed by atoms with Crippen LogP contribution in [0.25, 0.3) is 0 Å². The fraction of sp³-hybridized carbons (Fsp3) is 0.0769. The van der Waals surface area contributed by atoms with E-state index in [1.807, 2.05) is 6.07 Å². The molecule has 0 aromatic heterocycles.